The number of hydrogen-bond donors (Lipinski definition) is 0. The van der Waals surface area contributed by atoms with Crippen molar-refractivity contribution in [3.63, 3.8) is 0 Å². The SMILES string of the molecule is COCCCCC1(CCCCOC)c2cc(C)ccc2-c2c1c1c(c3cc(C)ccc23)OC(c2ccc(C)cc2)(c2ccc(OC)cc2)C=C1. The van der Waals surface area contributed by atoms with Crippen LogP contribution in [0.5, 0.6) is 11.5 Å². The molecule has 4 nitrogen and oxygen atoms in total. The molecule has 5 aromatic rings. The minimum Gasteiger partial charge on any atom is -0.497 e. The topological polar surface area (TPSA) is 36.9 Å². The normalized spacial score (nSPS) is 16.9. The largest absolute Gasteiger partial charge is 0.497 e. The Bertz CT molecular complexity index is 2010. The van der Waals surface area contributed by atoms with Crippen molar-refractivity contribution >= 4 is 16.8 Å². The Kier molecular flexibility index (Phi) is 9.61. The zero-order chi connectivity index (χ0) is 34.9. The average Bonchev–Trinajstić information content (AvgIpc) is 3.41. The maximum absolute atomic E-state index is 7.63. The maximum Gasteiger partial charge on any atom is 0.178 e. The molecule has 1 aliphatic heterocycles. The van der Waals surface area contributed by atoms with Crippen LogP contribution < -0.4 is 9.47 Å². The van der Waals surface area contributed by atoms with Gasteiger partial charge < -0.3 is 18.9 Å². The van der Waals surface area contributed by atoms with E-state index in [4.69, 9.17) is 18.9 Å². The molecule has 2 aliphatic rings. The number of ether oxygens (including phenoxy) is 4. The molecule has 50 heavy (non-hydrogen) atoms. The Morgan fingerprint density at radius 1 is 0.620 bits per heavy atom. The number of methoxy groups -OCH3 is 3. The first-order valence-corrected chi connectivity index (χ1v) is 18.2. The summed E-state index contributed by atoms with van der Waals surface area (Å²) in [6.45, 7) is 8.09. The molecule has 1 heterocycles. The maximum atomic E-state index is 7.63. The first-order chi connectivity index (χ1) is 24.3. The van der Waals surface area contributed by atoms with E-state index < -0.39 is 5.60 Å². The van der Waals surface area contributed by atoms with Crippen molar-refractivity contribution in [1.82, 2.24) is 0 Å². The number of unbranched alkanes of at least 4 members (excludes halogenated alkanes) is 2. The van der Waals surface area contributed by atoms with Crippen LogP contribution >= 0.6 is 0 Å². The lowest BCUT2D eigenvalue weighted by Gasteiger charge is -2.40. The molecular weight excluding hydrogens is 617 g/mol. The third kappa shape index (κ3) is 5.83. The van der Waals surface area contributed by atoms with Gasteiger partial charge in [-0.05, 0) is 111 Å². The number of benzene rings is 5. The molecule has 0 bridgehead atoms. The van der Waals surface area contributed by atoms with Crippen molar-refractivity contribution in [1.29, 1.82) is 0 Å². The highest BCUT2D eigenvalue weighted by atomic mass is 16.5. The first-order valence-electron chi connectivity index (χ1n) is 18.2. The molecule has 0 amide bonds. The minimum absolute atomic E-state index is 0.168. The van der Waals surface area contributed by atoms with Crippen LogP contribution in [0.25, 0.3) is 28.0 Å². The predicted molar refractivity (Wildman–Crippen MR) is 206 cm³/mol. The van der Waals surface area contributed by atoms with Crippen LogP contribution in [0.3, 0.4) is 0 Å². The van der Waals surface area contributed by atoms with Gasteiger partial charge in [-0.25, -0.2) is 0 Å². The van der Waals surface area contributed by atoms with E-state index in [1.807, 2.05) is 12.1 Å². The molecule has 4 heteroatoms. The smallest absolute Gasteiger partial charge is 0.178 e. The number of hydrogen-bond acceptors (Lipinski definition) is 4. The van der Waals surface area contributed by atoms with Gasteiger partial charge in [-0.15, -0.1) is 0 Å². The molecule has 1 aliphatic carbocycles. The zero-order valence-corrected chi connectivity index (χ0v) is 30.5. The Hall–Kier alpha value is -4.38. The van der Waals surface area contributed by atoms with Crippen LogP contribution in [0.15, 0.2) is 91.0 Å². The monoisotopic (exact) mass is 666 g/mol. The standard InChI is InChI=1S/C46H50O4/c1-31-11-15-34(16-12-31)46(35-17-19-36(49-6)20-18-35)26-23-39-43-42(37-21-13-32(2)29-40(37)44(39)50-46)38-22-14-33(3)30-41(38)45(43,24-7-9-27-47-4)25-8-10-28-48-5/h11-23,26,29-30H,7-10,24-25,27-28H2,1-6H3. The zero-order valence-electron chi connectivity index (χ0n) is 30.5. The van der Waals surface area contributed by atoms with Gasteiger partial charge in [-0.1, -0.05) is 89.5 Å². The Morgan fingerprint density at radius 3 is 1.86 bits per heavy atom. The highest BCUT2D eigenvalue weighted by Gasteiger charge is 2.48. The number of aryl methyl sites for hydroxylation is 3. The highest BCUT2D eigenvalue weighted by Crippen LogP contribution is 2.61. The van der Waals surface area contributed by atoms with Gasteiger partial charge in [0.15, 0.2) is 5.60 Å². The molecule has 0 aromatic heterocycles. The van der Waals surface area contributed by atoms with Crippen LogP contribution in [-0.2, 0) is 20.5 Å². The Morgan fingerprint density at radius 2 is 1.22 bits per heavy atom. The highest BCUT2D eigenvalue weighted by molar-refractivity contribution is 6.08. The molecule has 1 unspecified atom stereocenters. The van der Waals surface area contributed by atoms with E-state index in [9.17, 15) is 0 Å². The van der Waals surface area contributed by atoms with Gasteiger partial charge in [0.2, 0.25) is 0 Å². The Labute approximate surface area is 298 Å². The van der Waals surface area contributed by atoms with E-state index in [1.54, 1.807) is 21.3 Å². The van der Waals surface area contributed by atoms with Crippen molar-refractivity contribution in [3.05, 3.63) is 136 Å². The van der Waals surface area contributed by atoms with Crippen molar-refractivity contribution in [3.8, 4) is 22.6 Å². The third-order valence-corrected chi connectivity index (χ3v) is 11.0. The Balaban J connectivity index is 1.52. The van der Waals surface area contributed by atoms with E-state index in [2.05, 4.69) is 106 Å². The second-order valence-corrected chi connectivity index (χ2v) is 14.3. The molecule has 7 rings (SSSR count). The lowest BCUT2D eigenvalue weighted by Crippen LogP contribution is -2.35. The van der Waals surface area contributed by atoms with Gasteiger partial charge in [0.25, 0.3) is 0 Å². The second kappa shape index (κ2) is 14.1. The molecular formula is C46H50O4. The molecule has 5 aromatic carbocycles. The lowest BCUT2D eigenvalue weighted by molar-refractivity contribution is 0.163. The molecule has 0 fully saturated rings. The van der Waals surface area contributed by atoms with Gasteiger partial charge in [0.05, 0.1) is 7.11 Å². The van der Waals surface area contributed by atoms with Gasteiger partial charge >= 0.3 is 0 Å². The van der Waals surface area contributed by atoms with Crippen molar-refractivity contribution < 1.29 is 18.9 Å². The summed E-state index contributed by atoms with van der Waals surface area (Å²) in [4.78, 5) is 0. The van der Waals surface area contributed by atoms with Crippen LogP contribution in [0.4, 0.5) is 0 Å². The van der Waals surface area contributed by atoms with Gasteiger partial charge in [-0.2, -0.15) is 0 Å². The number of fused-ring (bicyclic) bond motifs is 8. The molecule has 258 valence electrons. The van der Waals surface area contributed by atoms with E-state index in [-0.39, 0.29) is 5.41 Å². The molecule has 0 saturated heterocycles. The van der Waals surface area contributed by atoms with Gasteiger partial charge in [-0.3, -0.25) is 0 Å². The summed E-state index contributed by atoms with van der Waals surface area (Å²) in [5.74, 6) is 1.79. The van der Waals surface area contributed by atoms with Crippen LogP contribution in [-0.4, -0.2) is 34.5 Å². The lowest BCUT2D eigenvalue weighted by atomic mass is 9.68. The second-order valence-electron chi connectivity index (χ2n) is 14.3. The van der Waals surface area contributed by atoms with Gasteiger partial charge in [0, 0.05) is 54.9 Å². The summed E-state index contributed by atoms with van der Waals surface area (Å²) >= 11 is 0. The molecule has 0 spiro atoms. The minimum atomic E-state index is -0.820. The van der Waals surface area contributed by atoms with Crippen molar-refractivity contribution in [2.75, 3.05) is 34.5 Å². The fourth-order valence-electron chi connectivity index (χ4n) is 8.55. The summed E-state index contributed by atoms with van der Waals surface area (Å²) < 4.78 is 24.3. The van der Waals surface area contributed by atoms with Crippen molar-refractivity contribution in [2.45, 2.75) is 70.3 Å². The predicted octanol–water partition coefficient (Wildman–Crippen LogP) is 11.0. The van der Waals surface area contributed by atoms with Gasteiger partial charge in [0.1, 0.15) is 11.5 Å². The van der Waals surface area contributed by atoms with Crippen LogP contribution in [0.1, 0.15) is 83.0 Å². The quantitative estimate of drug-likeness (QED) is 0.117. The van der Waals surface area contributed by atoms with Crippen LogP contribution in [0.2, 0.25) is 0 Å². The van der Waals surface area contributed by atoms with Crippen LogP contribution in [0, 0.1) is 20.8 Å². The summed E-state index contributed by atoms with van der Waals surface area (Å²) in [6, 6.07) is 31.2. The van der Waals surface area contributed by atoms with E-state index in [0.717, 1.165) is 79.8 Å². The molecule has 0 radical (unpaired) electrons. The van der Waals surface area contributed by atoms with Crippen molar-refractivity contribution in [2.24, 2.45) is 0 Å². The van der Waals surface area contributed by atoms with E-state index in [0.29, 0.717) is 0 Å². The van der Waals surface area contributed by atoms with E-state index >= 15 is 0 Å². The number of rotatable bonds is 13. The molecule has 0 saturated carbocycles. The van der Waals surface area contributed by atoms with E-state index in [1.165, 1.54) is 49.9 Å². The summed E-state index contributed by atoms with van der Waals surface area (Å²) in [6.07, 6.45) is 11.0. The first kappa shape index (κ1) is 34.1. The average molecular weight is 667 g/mol. The summed E-state index contributed by atoms with van der Waals surface area (Å²) in [5, 5.41) is 2.42. The summed E-state index contributed by atoms with van der Waals surface area (Å²) in [7, 11) is 5.32. The molecule has 1 atom stereocenters. The fraction of sp³-hybridized carbons (Fsp3) is 0.348. The summed E-state index contributed by atoms with van der Waals surface area (Å²) in [5.41, 5.74) is 11.7. The third-order valence-electron chi connectivity index (χ3n) is 11.0. The fourth-order valence-corrected chi connectivity index (χ4v) is 8.55. The molecule has 0 N–H and O–H groups in total.